The van der Waals surface area contributed by atoms with E-state index < -0.39 is 0 Å². The maximum Gasteiger partial charge on any atom is 0.226 e. The first-order valence-corrected chi connectivity index (χ1v) is 6.43. The van der Waals surface area contributed by atoms with Crippen molar-refractivity contribution in [2.75, 3.05) is 26.2 Å². The number of hydrogen-bond acceptors (Lipinski definition) is 2. The highest BCUT2D eigenvalue weighted by Crippen LogP contribution is 2.21. The van der Waals surface area contributed by atoms with Gasteiger partial charge in [-0.05, 0) is 38.1 Å². The first kappa shape index (κ1) is 14.5. The van der Waals surface area contributed by atoms with E-state index in [2.05, 4.69) is 16.8 Å². The average molecular weight is 259 g/mol. The molecule has 0 bridgehead atoms. The number of amides is 1. The molecule has 4 heteroatoms. The number of piperidine rings is 2. The summed E-state index contributed by atoms with van der Waals surface area (Å²) >= 11 is 0. The number of carbonyl (C=O) groups excluding carboxylic acids is 1. The van der Waals surface area contributed by atoms with E-state index in [1.165, 1.54) is 0 Å². The second-order valence-electron chi connectivity index (χ2n) is 4.94. The molecule has 2 saturated heterocycles. The maximum absolute atomic E-state index is 12.2. The van der Waals surface area contributed by atoms with Crippen LogP contribution in [0.15, 0.2) is 12.7 Å². The first-order chi connectivity index (χ1) is 7.81. The van der Waals surface area contributed by atoms with Gasteiger partial charge >= 0.3 is 0 Å². The van der Waals surface area contributed by atoms with Gasteiger partial charge in [-0.25, -0.2) is 0 Å². The van der Waals surface area contributed by atoms with Crippen molar-refractivity contribution in [3.63, 3.8) is 0 Å². The lowest BCUT2D eigenvalue weighted by atomic mass is 9.93. The molecule has 0 saturated carbocycles. The van der Waals surface area contributed by atoms with Crippen molar-refractivity contribution in [1.29, 1.82) is 0 Å². The molecule has 1 N–H and O–H groups in total. The van der Waals surface area contributed by atoms with Gasteiger partial charge in [-0.1, -0.05) is 6.08 Å². The Morgan fingerprint density at radius 1 is 1.29 bits per heavy atom. The van der Waals surface area contributed by atoms with Crippen LogP contribution >= 0.6 is 12.4 Å². The van der Waals surface area contributed by atoms with E-state index in [4.69, 9.17) is 0 Å². The third kappa shape index (κ3) is 3.71. The largest absolute Gasteiger partial charge is 0.342 e. The van der Waals surface area contributed by atoms with Crippen LogP contribution in [0.1, 0.15) is 25.7 Å². The second-order valence-corrected chi connectivity index (χ2v) is 4.94. The van der Waals surface area contributed by atoms with E-state index in [0.29, 0.717) is 11.8 Å². The maximum atomic E-state index is 12.2. The van der Waals surface area contributed by atoms with Crippen LogP contribution in [0.25, 0.3) is 0 Å². The number of halogens is 1. The van der Waals surface area contributed by atoms with Crippen LogP contribution in [-0.2, 0) is 4.79 Å². The van der Waals surface area contributed by atoms with Gasteiger partial charge in [-0.2, -0.15) is 0 Å². The van der Waals surface area contributed by atoms with Crippen LogP contribution in [0.5, 0.6) is 0 Å². The van der Waals surface area contributed by atoms with Gasteiger partial charge in [0.15, 0.2) is 0 Å². The van der Waals surface area contributed by atoms with Gasteiger partial charge in [0.05, 0.1) is 5.92 Å². The fraction of sp³-hybridized carbons (Fsp3) is 0.769. The normalized spacial score (nSPS) is 26.1. The molecule has 0 aliphatic carbocycles. The topological polar surface area (TPSA) is 32.3 Å². The molecule has 1 amide bonds. The summed E-state index contributed by atoms with van der Waals surface area (Å²) in [6, 6.07) is 0. The van der Waals surface area contributed by atoms with Crippen molar-refractivity contribution in [2.24, 2.45) is 11.8 Å². The molecule has 2 heterocycles. The summed E-state index contributed by atoms with van der Waals surface area (Å²) in [5.41, 5.74) is 0. The molecule has 17 heavy (non-hydrogen) atoms. The highest BCUT2D eigenvalue weighted by molar-refractivity contribution is 5.85. The molecule has 2 rings (SSSR count). The molecule has 98 valence electrons. The van der Waals surface area contributed by atoms with Crippen molar-refractivity contribution in [3.8, 4) is 0 Å². The summed E-state index contributed by atoms with van der Waals surface area (Å²) in [6.45, 7) is 7.62. The third-order valence-corrected chi connectivity index (χ3v) is 3.83. The zero-order valence-corrected chi connectivity index (χ0v) is 11.2. The minimum absolute atomic E-state index is 0. The molecule has 0 aromatic carbocycles. The lowest BCUT2D eigenvalue weighted by Gasteiger charge is -2.34. The first-order valence-electron chi connectivity index (χ1n) is 6.43. The van der Waals surface area contributed by atoms with Crippen molar-refractivity contribution in [1.82, 2.24) is 10.2 Å². The minimum Gasteiger partial charge on any atom is -0.342 e. The number of hydrogen-bond donors (Lipinski definition) is 1. The molecule has 0 radical (unpaired) electrons. The summed E-state index contributed by atoms with van der Waals surface area (Å²) in [4.78, 5) is 14.3. The van der Waals surface area contributed by atoms with E-state index in [1.54, 1.807) is 0 Å². The molecule has 1 atom stereocenters. The number of likely N-dealkylation sites (tertiary alicyclic amines) is 1. The Kier molecular flexibility index (Phi) is 6.00. The minimum atomic E-state index is 0. The molecular weight excluding hydrogens is 236 g/mol. The SMILES string of the molecule is C=CC1CCN(C(=O)C2CCCNC2)CC1.Cl. The Morgan fingerprint density at radius 2 is 2.00 bits per heavy atom. The number of rotatable bonds is 2. The van der Waals surface area contributed by atoms with E-state index in [-0.39, 0.29) is 18.3 Å². The van der Waals surface area contributed by atoms with Crippen LogP contribution in [0.3, 0.4) is 0 Å². The van der Waals surface area contributed by atoms with Crippen molar-refractivity contribution in [3.05, 3.63) is 12.7 Å². The highest BCUT2D eigenvalue weighted by atomic mass is 35.5. The van der Waals surface area contributed by atoms with Crippen LogP contribution < -0.4 is 5.32 Å². The third-order valence-electron chi connectivity index (χ3n) is 3.83. The molecule has 2 aliphatic heterocycles. The number of carbonyl (C=O) groups is 1. The monoisotopic (exact) mass is 258 g/mol. The summed E-state index contributed by atoms with van der Waals surface area (Å²) in [5.74, 6) is 1.22. The molecule has 3 nitrogen and oxygen atoms in total. The fourth-order valence-electron chi connectivity index (χ4n) is 2.68. The van der Waals surface area contributed by atoms with Crippen LogP contribution in [0.2, 0.25) is 0 Å². The van der Waals surface area contributed by atoms with Gasteiger partial charge in [-0.15, -0.1) is 19.0 Å². The molecule has 0 aromatic rings. The molecule has 0 spiro atoms. The Balaban J connectivity index is 0.00000144. The highest BCUT2D eigenvalue weighted by Gasteiger charge is 2.28. The Bertz CT molecular complexity index is 256. The molecule has 2 aliphatic rings. The van der Waals surface area contributed by atoms with E-state index in [0.717, 1.165) is 51.9 Å². The lowest BCUT2D eigenvalue weighted by Crippen LogP contribution is -2.45. The summed E-state index contributed by atoms with van der Waals surface area (Å²) in [7, 11) is 0. The second kappa shape index (κ2) is 7.02. The summed E-state index contributed by atoms with van der Waals surface area (Å²) in [6.07, 6.45) is 6.42. The zero-order valence-electron chi connectivity index (χ0n) is 10.4. The van der Waals surface area contributed by atoms with Gasteiger partial charge in [-0.3, -0.25) is 4.79 Å². The number of allylic oxidation sites excluding steroid dienone is 1. The standard InChI is InChI=1S/C13H22N2O.ClH/c1-2-11-5-8-15(9-6-11)13(16)12-4-3-7-14-10-12;/h2,11-12,14H,1,3-10H2;1H. The number of nitrogens with zero attached hydrogens (tertiary/aromatic N) is 1. The quantitative estimate of drug-likeness (QED) is 0.767. The van der Waals surface area contributed by atoms with Crippen LogP contribution in [0.4, 0.5) is 0 Å². The van der Waals surface area contributed by atoms with E-state index >= 15 is 0 Å². The van der Waals surface area contributed by atoms with Gasteiger partial charge in [0, 0.05) is 19.6 Å². The molecule has 1 unspecified atom stereocenters. The average Bonchev–Trinajstić information content (AvgIpc) is 2.39. The Hall–Kier alpha value is -0.540. The smallest absolute Gasteiger partial charge is 0.226 e. The van der Waals surface area contributed by atoms with Crippen molar-refractivity contribution in [2.45, 2.75) is 25.7 Å². The predicted octanol–water partition coefficient (Wildman–Crippen LogP) is 1.83. The fourth-order valence-corrected chi connectivity index (χ4v) is 2.68. The molecule has 0 aromatic heterocycles. The van der Waals surface area contributed by atoms with E-state index in [9.17, 15) is 4.79 Å². The van der Waals surface area contributed by atoms with Gasteiger partial charge < -0.3 is 10.2 Å². The van der Waals surface area contributed by atoms with Gasteiger partial charge in [0.2, 0.25) is 5.91 Å². The Labute approximate surface area is 110 Å². The predicted molar refractivity (Wildman–Crippen MR) is 72.3 cm³/mol. The van der Waals surface area contributed by atoms with E-state index in [1.807, 2.05) is 6.08 Å². The molecular formula is C13H23ClN2O. The molecule has 2 fully saturated rings. The number of nitrogens with one attached hydrogen (secondary N) is 1. The van der Waals surface area contributed by atoms with Crippen molar-refractivity contribution < 1.29 is 4.79 Å². The van der Waals surface area contributed by atoms with Gasteiger partial charge in [0.1, 0.15) is 0 Å². The Morgan fingerprint density at radius 3 is 2.53 bits per heavy atom. The van der Waals surface area contributed by atoms with Gasteiger partial charge in [0.25, 0.3) is 0 Å². The summed E-state index contributed by atoms with van der Waals surface area (Å²) in [5, 5.41) is 3.31. The summed E-state index contributed by atoms with van der Waals surface area (Å²) < 4.78 is 0. The van der Waals surface area contributed by atoms with Crippen molar-refractivity contribution >= 4 is 18.3 Å². The van der Waals surface area contributed by atoms with Crippen LogP contribution in [0, 0.1) is 11.8 Å². The van der Waals surface area contributed by atoms with Crippen LogP contribution in [-0.4, -0.2) is 37.0 Å². The lowest BCUT2D eigenvalue weighted by molar-refractivity contribution is -0.137. The zero-order chi connectivity index (χ0) is 11.4.